The lowest BCUT2D eigenvalue weighted by molar-refractivity contribution is 0.302. The van der Waals surface area contributed by atoms with E-state index in [1.807, 2.05) is 42.5 Å². The minimum absolute atomic E-state index is 0. The molecule has 0 unspecified atom stereocenters. The molecule has 0 heterocycles. The smallest absolute Gasteiger partial charge is 0.124 e. The second-order valence-electron chi connectivity index (χ2n) is 5.87. The number of benzene rings is 2. The fourth-order valence-electron chi connectivity index (χ4n) is 2.50. The van der Waals surface area contributed by atoms with E-state index in [0.717, 1.165) is 40.0 Å². The first kappa shape index (κ1) is 22.1. The number of unbranched alkanes of at least 4 members (excludes halogenated alkanes) is 3. The van der Waals surface area contributed by atoms with Crippen LogP contribution in [0.15, 0.2) is 42.5 Å². The number of halogens is 3. The molecule has 2 aromatic carbocycles. The van der Waals surface area contributed by atoms with Crippen molar-refractivity contribution in [2.75, 3.05) is 6.54 Å². The van der Waals surface area contributed by atoms with Crippen molar-refractivity contribution in [2.24, 2.45) is 0 Å². The van der Waals surface area contributed by atoms with Crippen LogP contribution in [0.4, 0.5) is 0 Å². The highest BCUT2D eigenvalue weighted by Crippen LogP contribution is 2.25. The first-order valence-electron chi connectivity index (χ1n) is 8.56. The van der Waals surface area contributed by atoms with E-state index in [1.165, 1.54) is 25.7 Å². The van der Waals surface area contributed by atoms with Crippen molar-refractivity contribution in [3.63, 3.8) is 0 Å². The summed E-state index contributed by atoms with van der Waals surface area (Å²) >= 11 is 12.3. The molecule has 1 N–H and O–H groups in total. The van der Waals surface area contributed by atoms with Gasteiger partial charge in [-0.05, 0) is 37.2 Å². The lowest BCUT2D eigenvalue weighted by atomic mass is 10.1. The standard InChI is InChI=1S/C20H25Cl2NO.ClH/c1-2-3-4-7-12-23-14-17-13-18(21)10-11-20(17)24-15-16-8-5-6-9-19(16)22;/h5-6,8-11,13,23H,2-4,7,12,14-15H2,1H3;1H. The van der Waals surface area contributed by atoms with Gasteiger partial charge in [-0.25, -0.2) is 0 Å². The summed E-state index contributed by atoms with van der Waals surface area (Å²) in [5.74, 6) is 0.848. The minimum Gasteiger partial charge on any atom is -0.489 e. The molecule has 0 bridgehead atoms. The number of hydrogen-bond donors (Lipinski definition) is 1. The predicted molar refractivity (Wildman–Crippen MR) is 110 cm³/mol. The highest BCUT2D eigenvalue weighted by molar-refractivity contribution is 6.31. The zero-order valence-electron chi connectivity index (χ0n) is 14.6. The summed E-state index contributed by atoms with van der Waals surface area (Å²) in [4.78, 5) is 0. The molecular formula is C20H26Cl3NO. The van der Waals surface area contributed by atoms with Crippen LogP contribution in [0.5, 0.6) is 5.75 Å². The van der Waals surface area contributed by atoms with Gasteiger partial charge in [-0.1, -0.05) is 67.6 Å². The van der Waals surface area contributed by atoms with E-state index in [4.69, 9.17) is 27.9 Å². The van der Waals surface area contributed by atoms with E-state index in [0.29, 0.717) is 6.61 Å². The van der Waals surface area contributed by atoms with Crippen LogP contribution >= 0.6 is 35.6 Å². The normalized spacial score (nSPS) is 10.4. The summed E-state index contributed by atoms with van der Waals surface area (Å²) < 4.78 is 5.97. The van der Waals surface area contributed by atoms with Crippen molar-refractivity contribution in [3.05, 3.63) is 63.6 Å². The first-order valence-corrected chi connectivity index (χ1v) is 9.31. The Kier molecular flexibility index (Phi) is 11.0. The fourth-order valence-corrected chi connectivity index (χ4v) is 2.88. The quantitative estimate of drug-likeness (QED) is 0.448. The second kappa shape index (κ2) is 12.4. The minimum atomic E-state index is 0. The zero-order chi connectivity index (χ0) is 17.2. The highest BCUT2D eigenvalue weighted by atomic mass is 35.5. The van der Waals surface area contributed by atoms with Crippen LogP contribution in [0.25, 0.3) is 0 Å². The van der Waals surface area contributed by atoms with Gasteiger partial charge in [-0.15, -0.1) is 12.4 Å². The van der Waals surface area contributed by atoms with E-state index < -0.39 is 0 Å². The van der Waals surface area contributed by atoms with Crippen molar-refractivity contribution >= 4 is 35.6 Å². The SMILES string of the molecule is CCCCCCNCc1cc(Cl)ccc1OCc1ccccc1Cl.Cl. The van der Waals surface area contributed by atoms with Gasteiger partial charge in [0.25, 0.3) is 0 Å². The lowest BCUT2D eigenvalue weighted by Crippen LogP contribution is -2.15. The van der Waals surface area contributed by atoms with E-state index in [-0.39, 0.29) is 12.4 Å². The first-order chi connectivity index (χ1) is 11.7. The van der Waals surface area contributed by atoms with E-state index in [9.17, 15) is 0 Å². The van der Waals surface area contributed by atoms with Gasteiger partial charge in [0.2, 0.25) is 0 Å². The lowest BCUT2D eigenvalue weighted by Gasteiger charge is -2.13. The van der Waals surface area contributed by atoms with Gasteiger partial charge >= 0.3 is 0 Å². The summed E-state index contributed by atoms with van der Waals surface area (Å²) in [7, 11) is 0. The monoisotopic (exact) mass is 401 g/mol. The molecule has 138 valence electrons. The average molecular weight is 403 g/mol. The third-order valence-electron chi connectivity index (χ3n) is 3.89. The Morgan fingerprint density at radius 3 is 2.52 bits per heavy atom. The van der Waals surface area contributed by atoms with Crippen molar-refractivity contribution in [3.8, 4) is 5.75 Å². The van der Waals surface area contributed by atoms with Crippen LogP contribution in [0.2, 0.25) is 10.0 Å². The van der Waals surface area contributed by atoms with Crippen molar-refractivity contribution in [2.45, 2.75) is 45.8 Å². The molecule has 0 aliphatic carbocycles. The maximum absolute atomic E-state index is 6.19. The third kappa shape index (κ3) is 7.87. The summed E-state index contributed by atoms with van der Waals surface area (Å²) in [5, 5.41) is 4.92. The van der Waals surface area contributed by atoms with Crippen LogP contribution in [0, 0.1) is 0 Å². The molecule has 0 spiro atoms. The maximum atomic E-state index is 6.19. The molecule has 2 nitrogen and oxygen atoms in total. The van der Waals surface area contributed by atoms with Gasteiger partial charge in [-0.2, -0.15) is 0 Å². The molecule has 0 aromatic heterocycles. The molecule has 5 heteroatoms. The maximum Gasteiger partial charge on any atom is 0.124 e. The largest absolute Gasteiger partial charge is 0.489 e. The van der Waals surface area contributed by atoms with Crippen LogP contribution < -0.4 is 10.1 Å². The van der Waals surface area contributed by atoms with Gasteiger partial charge in [0.05, 0.1) is 0 Å². The van der Waals surface area contributed by atoms with E-state index in [1.54, 1.807) is 0 Å². The topological polar surface area (TPSA) is 21.3 Å². The summed E-state index contributed by atoms with van der Waals surface area (Å²) in [5.41, 5.74) is 2.05. The molecule has 0 fully saturated rings. The summed E-state index contributed by atoms with van der Waals surface area (Å²) in [6.07, 6.45) is 5.03. The average Bonchev–Trinajstić information content (AvgIpc) is 2.58. The Balaban J connectivity index is 0.00000312. The molecule has 0 radical (unpaired) electrons. The molecule has 0 saturated carbocycles. The molecule has 25 heavy (non-hydrogen) atoms. The Hall–Kier alpha value is -0.930. The molecule has 0 aliphatic heterocycles. The van der Waals surface area contributed by atoms with Gasteiger partial charge in [0.15, 0.2) is 0 Å². The van der Waals surface area contributed by atoms with Crippen LogP contribution in [-0.4, -0.2) is 6.54 Å². The van der Waals surface area contributed by atoms with E-state index >= 15 is 0 Å². The van der Waals surface area contributed by atoms with Gasteiger partial charge in [0.1, 0.15) is 12.4 Å². The van der Waals surface area contributed by atoms with Crippen LogP contribution in [0.3, 0.4) is 0 Å². The molecule has 2 aromatic rings. The second-order valence-corrected chi connectivity index (χ2v) is 6.71. The van der Waals surface area contributed by atoms with Gasteiger partial charge in [-0.3, -0.25) is 0 Å². The zero-order valence-corrected chi connectivity index (χ0v) is 16.9. The molecule has 0 aliphatic rings. The summed E-state index contributed by atoms with van der Waals surface area (Å²) in [6, 6.07) is 13.5. The van der Waals surface area contributed by atoms with Crippen LogP contribution in [-0.2, 0) is 13.2 Å². The van der Waals surface area contributed by atoms with Crippen molar-refractivity contribution in [1.29, 1.82) is 0 Å². The number of ether oxygens (including phenoxy) is 1. The Morgan fingerprint density at radius 1 is 0.960 bits per heavy atom. The Morgan fingerprint density at radius 2 is 1.76 bits per heavy atom. The molecule has 0 atom stereocenters. The van der Waals surface area contributed by atoms with Gasteiger partial charge in [0, 0.05) is 27.7 Å². The highest BCUT2D eigenvalue weighted by Gasteiger charge is 2.07. The molecule has 2 rings (SSSR count). The number of rotatable bonds is 10. The van der Waals surface area contributed by atoms with Crippen molar-refractivity contribution in [1.82, 2.24) is 5.32 Å². The molecular weight excluding hydrogens is 377 g/mol. The van der Waals surface area contributed by atoms with Crippen LogP contribution in [0.1, 0.15) is 43.7 Å². The summed E-state index contributed by atoms with van der Waals surface area (Å²) in [6.45, 7) is 4.44. The fraction of sp³-hybridized carbons (Fsp3) is 0.400. The molecule has 0 saturated heterocycles. The Bertz CT molecular complexity index is 634. The molecule has 0 amide bonds. The number of hydrogen-bond acceptors (Lipinski definition) is 2. The third-order valence-corrected chi connectivity index (χ3v) is 4.49. The Labute approximate surface area is 167 Å². The van der Waals surface area contributed by atoms with Gasteiger partial charge < -0.3 is 10.1 Å². The van der Waals surface area contributed by atoms with E-state index in [2.05, 4.69) is 12.2 Å². The number of nitrogens with one attached hydrogen (secondary N) is 1. The van der Waals surface area contributed by atoms with Crippen molar-refractivity contribution < 1.29 is 4.74 Å². The predicted octanol–water partition coefficient (Wildman–Crippen LogP) is 6.66.